The molecule has 0 aromatic carbocycles. The third-order valence-corrected chi connectivity index (χ3v) is 1.87. The molecule has 0 aliphatic heterocycles. The van der Waals surface area contributed by atoms with E-state index in [1.165, 1.54) is 6.07 Å². The molecular weight excluding hydrogens is 296 g/mol. The monoisotopic (exact) mass is 298 g/mol. The second-order valence-corrected chi connectivity index (χ2v) is 3.22. The second kappa shape index (κ2) is 3.91. The van der Waals surface area contributed by atoms with Crippen molar-refractivity contribution in [1.29, 1.82) is 5.26 Å². The van der Waals surface area contributed by atoms with Gasteiger partial charge in [0.05, 0.1) is 0 Å². The molecule has 0 spiro atoms. The highest BCUT2D eigenvalue weighted by Gasteiger charge is 2.18. The summed E-state index contributed by atoms with van der Waals surface area (Å²) in [6.07, 6.45) is -2.86. The Morgan fingerprint density at radius 2 is 2.15 bits per heavy atom. The first-order valence-electron chi connectivity index (χ1n) is 3.10. The summed E-state index contributed by atoms with van der Waals surface area (Å²) in [5.74, 6) is -1.15. The van der Waals surface area contributed by atoms with Crippen LogP contribution in [-0.4, -0.2) is 4.98 Å². The molecule has 1 aromatic rings. The molecule has 0 aliphatic carbocycles. The Labute approximate surface area is 85.5 Å². The van der Waals surface area contributed by atoms with Gasteiger partial charge in [-0.15, -0.1) is 0 Å². The highest BCUT2D eigenvalue weighted by Crippen LogP contribution is 2.24. The van der Waals surface area contributed by atoms with Crippen LogP contribution in [0.3, 0.4) is 0 Å². The van der Waals surface area contributed by atoms with Crippen LogP contribution in [0.4, 0.5) is 13.2 Å². The normalized spacial score (nSPS) is 10.2. The minimum Gasteiger partial charge on any atom is -0.212 e. The van der Waals surface area contributed by atoms with Crippen LogP contribution >= 0.6 is 22.6 Å². The molecule has 0 atom stereocenters. The Balaban J connectivity index is 3.41. The van der Waals surface area contributed by atoms with E-state index in [9.17, 15) is 13.2 Å². The van der Waals surface area contributed by atoms with Crippen molar-refractivity contribution in [3.8, 4) is 6.07 Å². The van der Waals surface area contributed by atoms with E-state index in [0.29, 0.717) is 0 Å². The lowest BCUT2D eigenvalue weighted by Crippen LogP contribution is -1.99. The van der Waals surface area contributed by atoms with Crippen LogP contribution in [0.2, 0.25) is 0 Å². The van der Waals surface area contributed by atoms with Crippen molar-refractivity contribution < 1.29 is 13.2 Å². The van der Waals surface area contributed by atoms with Gasteiger partial charge in [0.25, 0.3) is 6.43 Å². The Kier molecular flexibility index (Phi) is 3.08. The van der Waals surface area contributed by atoms with Crippen LogP contribution in [0.25, 0.3) is 0 Å². The van der Waals surface area contributed by atoms with E-state index < -0.39 is 23.5 Å². The number of pyridine rings is 1. The molecule has 0 aliphatic rings. The summed E-state index contributed by atoms with van der Waals surface area (Å²) in [6, 6.07) is 2.34. The van der Waals surface area contributed by atoms with E-state index in [1.54, 1.807) is 22.6 Å². The Hall–Kier alpha value is -0.840. The number of hydrogen-bond donors (Lipinski definition) is 0. The Bertz CT molecular complexity index is 373. The minimum atomic E-state index is -2.86. The predicted molar refractivity (Wildman–Crippen MR) is 46.6 cm³/mol. The number of nitriles is 1. The van der Waals surface area contributed by atoms with E-state index >= 15 is 0 Å². The van der Waals surface area contributed by atoms with Crippen LogP contribution in [0.1, 0.15) is 17.6 Å². The van der Waals surface area contributed by atoms with E-state index in [2.05, 4.69) is 4.98 Å². The molecule has 1 rings (SSSR count). The molecule has 0 bridgehead atoms. The Morgan fingerprint density at radius 1 is 1.54 bits per heavy atom. The largest absolute Gasteiger partial charge is 0.265 e. The topological polar surface area (TPSA) is 36.7 Å². The van der Waals surface area contributed by atoms with Gasteiger partial charge in [-0.25, -0.2) is 13.8 Å². The summed E-state index contributed by atoms with van der Waals surface area (Å²) in [5.41, 5.74) is -1.30. The number of hydrogen-bond acceptors (Lipinski definition) is 2. The van der Waals surface area contributed by atoms with E-state index in [1.807, 2.05) is 0 Å². The van der Waals surface area contributed by atoms with Crippen LogP contribution in [0.15, 0.2) is 6.07 Å². The fraction of sp³-hybridized carbons (Fsp3) is 0.143. The number of aromatic nitrogens is 1. The fourth-order valence-electron chi connectivity index (χ4n) is 0.784. The zero-order chi connectivity index (χ0) is 10.0. The lowest BCUT2D eigenvalue weighted by molar-refractivity contribution is 0.150. The van der Waals surface area contributed by atoms with Gasteiger partial charge >= 0.3 is 0 Å². The minimum absolute atomic E-state index is 0.101. The lowest BCUT2D eigenvalue weighted by Gasteiger charge is -2.02. The third kappa shape index (κ3) is 2.09. The third-order valence-electron chi connectivity index (χ3n) is 1.32. The summed E-state index contributed by atoms with van der Waals surface area (Å²) < 4.78 is 37.4. The van der Waals surface area contributed by atoms with Crippen molar-refractivity contribution in [2.45, 2.75) is 6.43 Å². The molecule has 0 N–H and O–H groups in total. The number of alkyl halides is 2. The SMILES string of the molecule is N#Cc1c(C(F)F)cc(I)nc1F. The first-order chi connectivity index (χ1) is 6.06. The van der Waals surface area contributed by atoms with Crippen LogP contribution in [0.5, 0.6) is 0 Å². The highest BCUT2D eigenvalue weighted by atomic mass is 127. The number of rotatable bonds is 1. The molecule has 13 heavy (non-hydrogen) atoms. The zero-order valence-corrected chi connectivity index (χ0v) is 8.22. The molecule has 0 saturated heterocycles. The summed E-state index contributed by atoms with van der Waals surface area (Å²) in [6.45, 7) is 0. The van der Waals surface area contributed by atoms with Gasteiger partial charge in [0.2, 0.25) is 5.95 Å². The molecule has 0 amide bonds. The maximum atomic E-state index is 12.8. The molecule has 0 radical (unpaired) electrons. The quantitative estimate of drug-likeness (QED) is 0.590. The van der Waals surface area contributed by atoms with Crippen molar-refractivity contribution >= 4 is 22.6 Å². The molecule has 6 heteroatoms. The van der Waals surface area contributed by atoms with Gasteiger partial charge in [-0.05, 0) is 28.7 Å². The number of halogens is 4. The first kappa shape index (κ1) is 10.2. The smallest absolute Gasteiger partial charge is 0.212 e. The summed E-state index contributed by atoms with van der Waals surface area (Å²) >= 11 is 1.60. The van der Waals surface area contributed by atoms with Crippen molar-refractivity contribution in [3.05, 3.63) is 26.8 Å². The molecule has 0 fully saturated rings. The highest BCUT2D eigenvalue weighted by molar-refractivity contribution is 14.1. The molecule has 2 nitrogen and oxygen atoms in total. The lowest BCUT2D eigenvalue weighted by atomic mass is 10.1. The van der Waals surface area contributed by atoms with Crippen LogP contribution in [-0.2, 0) is 0 Å². The van der Waals surface area contributed by atoms with Crippen molar-refractivity contribution in [3.63, 3.8) is 0 Å². The van der Waals surface area contributed by atoms with Gasteiger partial charge in [0.1, 0.15) is 15.3 Å². The van der Waals surface area contributed by atoms with Gasteiger partial charge in [-0.1, -0.05) is 0 Å². The first-order valence-corrected chi connectivity index (χ1v) is 4.18. The predicted octanol–water partition coefficient (Wildman–Crippen LogP) is 2.63. The zero-order valence-electron chi connectivity index (χ0n) is 6.06. The second-order valence-electron chi connectivity index (χ2n) is 2.11. The average Bonchev–Trinajstić information content (AvgIpc) is 2.02. The fourth-order valence-corrected chi connectivity index (χ4v) is 1.33. The van der Waals surface area contributed by atoms with Crippen LogP contribution in [0, 0.1) is 21.0 Å². The molecule has 0 saturated carbocycles. The van der Waals surface area contributed by atoms with Crippen molar-refractivity contribution in [1.82, 2.24) is 4.98 Å². The van der Waals surface area contributed by atoms with E-state index in [-0.39, 0.29) is 3.70 Å². The van der Waals surface area contributed by atoms with Gasteiger partial charge in [0.15, 0.2) is 0 Å². The standard InChI is InChI=1S/C7H2F3IN2/c8-6(9)3-1-5(11)13-7(10)4(3)2-12/h1,6H. The summed E-state index contributed by atoms with van der Waals surface area (Å²) in [5, 5.41) is 8.37. The van der Waals surface area contributed by atoms with Crippen molar-refractivity contribution in [2.75, 3.05) is 0 Å². The average molecular weight is 298 g/mol. The summed E-state index contributed by atoms with van der Waals surface area (Å²) in [7, 11) is 0. The van der Waals surface area contributed by atoms with Gasteiger partial charge in [-0.2, -0.15) is 9.65 Å². The molecule has 1 aromatic heterocycles. The maximum Gasteiger partial charge on any atom is 0.265 e. The van der Waals surface area contributed by atoms with Crippen molar-refractivity contribution in [2.24, 2.45) is 0 Å². The molecular formula is C7H2F3IN2. The van der Waals surface area contributed by atoms with Gasteiger partial charge < -0.3 is 0 Å². The number of nitrogens with zero attached hydrogens (tertiary/aromatic N) is 2. The Morgan fingerprint density at radius 3 is 2.62 bits per heavy atom. The molecule has 68 valence electrons. The molecule has 0 unspecified atom stereocenters. The summed E-state index contributed by atoms with van der Waals surface area (Å²) in [4.78, 5) is 3.25. The molecule has 1 heterocycles. The van der Waals surface area contributed by atoms with Gasteiger partial charge in [0, 0.05) is 5.56 Å². The van der Waals surface area contributed by atoms with Gasteiger partial charge in [-0.3, -0.25) is 0 Å². The maximum absolute atomic E-state index is 12.8. The van der Waals surface area contributed by atoms with E-state index in [4.69, 9.17) is 5.26 Å². The van der Waals surface area contributed by atoms with Crippen LogP contribution < -0.4 is 0 Å². The van der Waals surface area contributed by atoms with E-state index in [0.717, 1.165) is 6.07 Å².